The molecule has 0 radical (unpaired) electrons. The van der Waals surface area contributed by atoms with Crippen molar-refractivity contribution < 1.29 is 14.3 Å². The SMILES string of the molecule is CCCC(=O)OCCCCCCCCCOc1ccc(N=Nc2cc3sc(N=Nc4ccc(N5CCC(=N)C5)cc4)nc3s2)cc1. The van der Waals surface area contributed by atoms with Gasteiger partial charge in [-0.05, 0) is 73.9 Å². The van der Waals surface area contributed by atoms with Crippen LogP contribution in [-0.2, 0) is 9.53 Å². The van der Waals surface area contributed by atoms with Crippen LogP contribution in [-0.4, -0.2) is 43.0 Å². The molecule has 2 aromatic carbocycles. The topological polar surface area (TPSA) is 125 Å². The molecule has 12 heteroatoms. The number of azo groups is 2. The molecule has 0 unspecified atom stereocenters. The minimum Gasteiger partial charge on any atom is -0.494 e. The normalized spacial score (nSPS) is 13.5. The van der Waals surface area contributed by atoms with Crippen LogP contribution < -0.4 is 9.64 Å². The minimum atomic E-state index is -0.0756. The molecule has 0 aliphatic carbocycles. The first-order chi connectivity index (χ1) is 22.6. The van der Waals surface area contributed by atoms with Crippen LogP contribution in [0.4, 0.5) is 27.2 Å². The molecule has 1 aliphatic heterocycles. The molecule has 46 heavy (non-hydrogen) atoms. The Bertz CT molecular complexity index is 1580. The van der Waals surface area contributed by atoms with Gasteiger partial charge in [-0.2, -0.15) is 0 Å². The molecular weight excluding hydrogens is 619 g/mol. The Morgan fingerprint density at radius 2 is 1.54 bits per heavy atom. The van der Waals surface area contributed by atoms with Gasteiger partial charge in [0.25, 0.3) is 0 Å². The molecule has 0 saturated carbocycles. The van der Waals surface area contributed by atoms with E-state index in [0.29, 0.717) is 31.3 Å². The predicted molar refractivity (Wildman–Crippen MR) is 187 cm³/mol. The van der Waals surface area contributed by atoms with E-state index in [1.807, 2.05) is 61.5 Å². The van der Waals surface area contributed by atoms with Crippen LogP contribution >= 0.6 is 22.7 Å². The van der Waals surface area contributed by atoms with Crippen molar-refractivity contribution in [3.8, 4) is 5.75 Å². The Balaban J connectivity index is 0.973. The quantitative estimate of drug-likeness (QED) is 0.0646. The number of carbonyl (C=O) groups excluding carboxylic acids is 1. The van der Waals surface area contributed by atoms with Crippen LogP contribution in [0.15, 0.2) is 75.1 Å². The number of ether oxygens (including phenoxy) is 2. The van der Waals surface area contributed by atoms with Crippen LogP contribution in [0, 0.1) is 5.41 Å². The second-order valence-electron chi connectivity index (χ2n) is 11.2. The van der Waals surface area contributed by atoms with E-state index in [0.717, 1.165) is 88.1 Å². The first-order valence-electron chi connectivity index (χ1n) is 16.1. The van der Waals surface area contributed by atoms with Crippen molar-refractivity contribution in [1.29, 1.82) is 5.41 Å². The fourth-order valence-electron chi connectivity index (χ4n) is 4.97. The number of nitrogens with one attached hydrogen (secondary N) is 1. The lowest BCUT2D eigenvalue weighted by Crippen LogP contribution is -2.18. The van der Waals surface area contributed by atoms with E-state index in [-0.39, 0.29) is 5.97 Å². The van der Waals surface area contributed by atoms with Crippen molar-refractivity contribution in [2.45, 2.75) is 71.1 Å². The van der Waals surface area contributed by atoms with Crippen molar-refractivity contribution in [1.82, 2.24) is 4.98 Å². The molecule has 0 amide bonds. The number of hydrogen-bond acceptors (Lipinski definition) is 12. The summed E-state index contributed by atoms with van der Waals surface area (Å²) in [6.45, 7) is 4.83. The highest BCUT2D eigenvalue weighted by Gasteiger charge is 2.16. The van der Waals surface area contributed by atoms with Crippen LogP contribution in [0.1, 0.15) is 71.1 Å². The fourth-order valence-corrected chi connectivity index (χ4v) is 6.82. The molecule has 0 spiro atoms. The van der Waals surface area contributed by atoms with Crippen molar-refractivity contribution in [2.24, 2.45) is 20.5 Å². The van der Waals surface area contributed by atoms with Gasteiger partial charge in [0, 0.05) is 30.8 Å². The molecule has 3 heterocycles. The summed E-state index contributed by atoms with van der Waals surface area (Å²) in [6.07, 6.45) is 10.0. The predicted octanol–water partition coefficient (Wildman–Crippen LogP) is 10.9. The standard InChI is InChI=1S/C34H41N7O3S2/c1-2-10-32(42)44-22-9-7-5-3-4-6-8-21-43-29-17-13-27(14-18-29)37-39-31-23-30-33(46-31)36-34(45-30)40-38-26-11-15-28(16-12-26)41-20-19-25(35)24-41/h11-18,23,35H,2-10,19-22,24H2,1H3. The van der Waals surface area contributed by atoms with Crippen LogP contribution in [0.2, 0.25) is 0 Å². The monoisotopic (exact) mass is 659 g/mol. The third-order valence-corrected chi connectivity index (χ3v) is 9.40. The number of anilines is 1. The maximum atomic E-state index is 11.3. The molecule has 0 bridgehead atoms. The number of thiazole rings is 1. The average Bonchev–Trinajstić information content (AvgIpc) is 3.77. The van der Waals surface area contributed by atoms with Gasteiger partial charge in [0.2, 0.25) is 5.13 Å². The molecule has 4 aromatic rings. The Morgan fingerprint density at radius 3 is 2.22 bits per heavy atom. The lowest BCUT2D eigenvalue weighted by molar-refractivity contribution is -0.143. The van der Waals surface area contributed by atoms with Crippen LogP contribution in [0.5, 0.6) is 5.75 Å². The van der Waals surface area contributed by atoms with Gasteiger partial charge in [-0.25, -0.2) is 4.98 Å². The molecule has 1 fully saturated rings. The molecule has 242 valence electrons. The molecule has 0 atom stereocenters. The molecule has 1 N–H and O–H groups in total. The van der Waals surface area contributed by atoms with Crippen LogP contribution in [0.3, 0.4) is 0 Å². The van der Waals surface area contributed by atoms with E-state index in [2.05, 4.69) is 30.3 Å². The van der Waals surface area contributed by atoms with Gasteiger partial charge in [-0.15, -0.1) is 20.5 Å². The molecule has 2 aromatic heterocycles. The number of esters is 1. The number of benzene rings is 2. The van der Waals surface area contributed by atoms with Crippen molar-refractivity contribution in [3.05, 3.63) is 54.6 Å². The lowest BCUT2D eigenvalue weighted by Gasteiger charge is -2.16. The second kappa shape index (κ2) is 17.6. The lowest BCUT2D eigenvalue weighted by atomic mass is 10.1. The number of fused-ring (bicyclic) bond motifs is 1. The third-order valence-electron chi connectivity index (χ3n) is 7.47. The van der Waals surface area contributed by atoms with E-state index in [1.165, 1.54) is 41.9 Å². The smallest absolute Gasteiger partial charge is 0.305 e. The van der Waals surface area contributed by atoms with E-state index in [4.69, 9.17) is 14.9 Å². The summed E-state index contributed by atoms with van der Waals surface area (Å²) in [5.74, 6) is 0.761. The van der Waals surface area contributed by atoms with Gasteiger partial charge in [0.05, 0.1) is 35.8 Å². The minimum absolute atomic E-state index is 0.0756. The number of thiophene rings is 1. The van der Waals surface area contributed by atoms with Gasteiger partial charge >= 0.3 is 5.97 Å². The van der Waals surface area contributed by atoms with E-state index in [1.54, 1.807) is 0 Å². The van der Waals surface area contributed by atoms with Crippen molar-refractivity contribution in [2.75, 3.05) is 31.2 Å². The first-order valence-corrected chi connectivity index (χ1v) is 17.7. The van der Waals surface area contributed by atoms with Gasteiger partial charge in [-0.3, -0.25) is 4.79 Å². The highest BCUT2D eigenvalue weighted by molar-refractivity contribution is 7.30. The van der Waals surface area contributed by atoms with E-state index in [9.17, 15) is 4.79 Å². The van der Waals surface area contributed by atoms with Gasteiger partial charge in [-0.1, -0.05) is 61.7 Å². The Morgan fingerprint density at radius 1 is 0.870 bits per heavy atom. The second-order valence-corrected chi connectivity index (χ2v) is 13.2. The Kier molecular flexibility index (Phi) is 12.8. The third kappa shape index (κ3) is 10.5. The number of aromatic nitrogens is 1. The van der Waals surface area contributed by atoms with Gasteiger partial charge < -0.3 is 19.8 Å². The summed E-state index contributed by atoms with van der Waals surface area (Å²) in [7, 11) is 0. The Hall–Kier alpha value is -4.03. The maximum absolute atomic E-state index is 11.3. The first kappa shape index (κ1) is 33.3. The molecule has 5 rings (SSSR count). The summed E-state index contributed by atoms with van der Waals surface area (Å²) in [5, 5.41) is 26.7. The zero-order chi connectivity index (χ0) is 32.0. The zero-order valence-electron chi connectivity index (χ0n) is 26.3. The van der Waals surface area contributed by atoms with Crippen molar-refractivity contribution in [3.63, 3.8) is 0 Å². The highest BCUT2D eigenvalue weighted by Crippen LogP contribution is 2.39. The zero-order valence-corrected chi connectivity index (χ0v) is 28.0. The largest absolute Gasteiger partial charge is 0.494 e. The fraction of sp³-hybridized carbons (Fsp3) is 0.441. The Labute approximate surface area is 278 Å². The van der Waals surface area contributed by atoms with Crippen molar-refractivity contribution >= 4 is 71.1 Å². The number of unbranched alkanes of at least 4 members (excludes halogenated alkanes) is 6. The van der Waals surface area contributed by atoms with Crippen LogP contribution in [0.25, 0.3) is 9.53 Å². The summed E-state index contributed by atoms with van der Waals surface area (Å²) >= 11 is 2.95. The summed E-state index contributed by atoms with van der Waals surface area (Å²) in [6, 6.07) is 17.6. The summed E-state index contributed by atoms with van der Waals surface area (Å²) in [4.78, 5) is 19.0. The molecule has 10 nitrogen and oxygen atoms in total. The average molecular weight is 660 g/mol. The van der Waals surface area contributed by atoms with E-state index < -0.39 is 0 Å². The number of nitrogens with zero attached hydrogens (tertiary/aromatic N) is 6. The summed E-state index contributed by atoms with van der Waals surface area (Å²) < 4.78 is 12.1. The number of rotatable bonds is 18. The molecule has 1 aliphatic rings. The van der Waals surface area contributed by atoms with Gasteiger partial charge in [0.1, 0.15) is 15.6 Å². The maximum Gasteiger partial charge on any atom is 0.305 e. The molecule has 1 saturated heterocycles. The molecular formula is C34H41N7O3S2. The highest BCUT2D eigenvalue weighted by atomic mass is 32.1. The number of hydrogen-bond donors (Lipinski definition) is 1. The number of carbonyl (C=O) groups is 1. The van der Waals surface area contributed by atoms with E-state index >= 15 is 0 Å². The van der Waals surface area contributed by atoms with Gasteiger partial charge in [0.15, 0.2) is 0 Å². The summed E-state index contributed by atoms with van der Waals surface area (Å²) in [5.41, 5.74) is 3.41.